The summed E-state index contributed by atoms with van der Waals surface area (Å²) in [5.41, 5.74) is 0. The van der Waals surface area contributed by atoms with Crippen LogP contribution in [0.3, 0.4) is 0 Å². The largest absolute Gasteiger partial charge is 0.380 e. The second kappa shape index (κ2) is 5.11. The Balaban J connectivity index is 2.63. The average Bonchev–Trinajstić information content (AvgIpc) is 2.46. The zero-order chi connectivity index (χ0) is 11.4. The Morgan fingerprint density at radius 3 is 2.53 bits per heavy atom. The lowest BCUT2D eigenvalue weighted by molar-refractivity contribution is -0.118. The van der Waals surface area contributed by atoms with Crippen LogP contribution in [0.2, 0.25) is 0 Å². The van der Waals surface area contributed by atoms with E-state index in [1.165, 1.54) is 0 Å². The van der Waals surface area contributed by atoms with Crippen molar-refractivity contribution in [2.24, 2.45) is 5.92 Å². The molecule has 1 aliphatic heterocycles. The monoisotopic (exact) mass is 214 g/mol. The van der Waals surface area contributed by atoms with Crippen molar-refractivity contribution in [2.45, 2.75) is 26.8 Å². The molecule has 0 aliphatic carbocycles. The van der Waals surface area contributed by atoms with Crippen molar-refractivity contribution in [1.29, 1.82) is 0 Å². The maximum Gasteiger partial charge on any atom is 0.324 e. The van der Waals surface area contributed by atoms with Crippen LogP contribution in [0, 0.1) is 5.92 Å². The van der Waals surface area contributed by atoms with Gasteiger partial charge in [0.15, 0.2) is 0 Å². The molecule has 1 atom stereocenters. The fourth-order valence-corrected chi connectivity index (χ4v) is 1.61. The Kier molecular flexibility index (Phi) is 4.08. The number of rotatable bonds is 5. The van der Waals surface area contributed by atoms with Crippen molar-refractivity contribution >= 4 is 11.9 Å². The first-order chi connectivity index (χ1) is 7.06. The van der Waals surface area contributed by atoms with Crippen LogP contribution in [-0.2, 0) is 9.53 Å². The van der Waals surface area contributed by atoms with Gasteiger partial charge in [0.05, 0.1) is 12.6 Å². The summed E-state index contributed by atoms with van der Waals surface area (Å²) >= 11 is 0. The summed E-state index contributed by atoms with van der Waals surface area (Å²) in [6.45, 7) is 7.18. The van der Waals surface area contributed by atoms with Crippen molar-refractivity contribution in [1.82, 2.24) is 10.2 Å². The van der Waals surface area contributed by atoms with Gasteiger partial charge in [0, 0.05) is 6.61 Å². The van der Waals surface area contributed by atoms with Crippen molar-refractivity contribution in [3.8, 4) is 0 Å². The summed E-state index contributed by atoms with van der Waals surface area (Å²) in [6.07, 6.45) is 0. The topological polar surface area (TPSA) is 58.6 Å². The molecule has 1 rings (SSSR count). The Morgan fingerprint density at radius 1 is 1.47 bits per heavy atom. The molecule has 0 aromatic rings. The number of hydrogen-bond acceptors (Lipinski definition) is 3. The predicted molar refractivity (Wildman–Crippen MR) is 55.4 cm³/mol. The highest BCUT2D eigenvalue weighted by Crippen LogP contribution is 2.14. The summed E-state index contributed by atoms with van der Waals surface area (Å²) in [5, 5.41) is 2.27. The van der Waals surface area contributed by atoms with Gasteiger partial charge in [0.25, 0.3) is 0 Å². The second-order valence-corrected chi connectivity index (χ2v) is 3.95. The van der Waals surface area contributed by atoms with E-state index < -0.39 is 0 Å². The van der Waals surface area contributed by atoms with Gasteiger partial charge in [0.1, 0.15) is 6.54 Å². The van der Waals surface area contributed by atoms with Crippen LogP contribution in [0.5, 0.6) is 0 Å². The molecule has 0 bridgehead atoms. The molecule has 3 amide bonds. The van der Waals surface area contributed by atoms with E-state index in [4.69, 9.17) is 4.74 Å². The standard InChI is InChI=1S/C10H18N2O3/c1-4-15-6-8(7(2)3)12-5-9(13)11-10(12)14/h7-8H,4-6H2,1-3H3,(H,11,13,14). The third-order valence-corrected chi connectivity index (χ3v) is 2.48. The number of carbonyl (C=O) groups is 2. The van der Waals surface area contributed by atoms with E-state index >= 15 is 0 Å². The molecule has 5 heteroatoms. The van der Waals surface area contributed by atoms with Gasteiger partial charge in [0.2, 0.25) is 5.91 Å². The van der Waals surface area contributed by atoms with Crippen molar-refractivity contribution in [3.05, 3.63) is 0 Å². The lowest BCUT2D eigenvalue weighted by atomic mass is 10.0. The molecular weight excluding hydrogens is 196 g/mol. The van der Waals surface area contributed by atoms with Gasteiger partial charge >= 0.3 is 6.03 Å². The molecule has 1 aliphatic rings. The molecule has 1 saturated heterocycles. The highest BCUT2D eigenvalue weighted by Gasteiger charge is 2.34. The summed E-state index contributed by atoms with van der Waals surface area (Å²) in [7, 11) is 0. The Hall–Kier alpha value is -1.10. The van der Waals surface area contributed by atoms with Crippen LogP contribution in [0.4, 0.5) is 4.79 Å². The molecule has 15 heavy (non-hydrogen) atoms. The summed E-state index contributed by atoms with van der Waals surface area (Å²) < 4.78 is 5.32. The number of nitrogens with zero attached hydrogens (tertiary/aromatic N) is 1. The molecule has 0 aromatic heterocycles. The van der Waals surface area contributed by atoms with Gasteiger partial charge in [-0.15, -0.1) is 0 Å². The quantitative estimate of drug-likeness (QED) is 0.682. The molecule has 1 heterocycles. The lowest BCUT2D eigenvalue weighted by Crippen LogP contribution is -2.44. The average molecular weight is 214 g/mol. The molecule has 0 aromatic carbocycles. The maximum absolute atomic E-state index is 11.4. The van der Waals surface area contributed by atoms with E-state index in [2.05, 4.69) is 5.32 Å². The maximum atomic E-state index is 11.4. The molecule has 5 nitrogen and oxygen atoms in total. The summed E-state index contributed by atoms with van der Waals surface area (Å²) in [5.74, 6) is 0.0374. The fourth-order valence-electron chi connectivity index (χ4n) is 1.61. The molecule has 1 unspecified atom stereocenters. The van der Waals surface area contributed by atoms with Crippen molar-refractivity contribution in [2.75, 3.05) is 19.8 Å². The number of imide groups is 1. The van der Waals surface area contributed by atoms with Crippen LogP contribution in [0.25, 0.3) is 0 Å². The number of amides is 3. The minimum Gasteiger partial charge on any atom is -0.380 e. The Morgan fingerprint density at radius 2 is 2.13 bits per heavy atom. The zero-order valence-electron chi connectivity index (χ0n) is 9.45. The number of ether oxygens (including phenoxy) is 1. The van der Waals surface area contributed by atoms with E-state index in [1.807, 2.05) is 20.8 Å². The fraction of sp³-hybridized carbons (Fsp3) is 0.800. The predicted octanol–water partition coefficient (Wildman–Crippen LogP) is 0.599. The number of hydrogen-bond donors (Lipinski definition) is 1. The van der Waals surface area contributed by atoms with Crippen LogP contribution < -0.4 is 5.32 Å². The van der Waals surface area contributed by atoms with E-state index in [0.717, 1.165) is 0 Å². The molecule has 0 radical (unpaired) electrons. The van der Waals surface area contributed by atoms with Gasteiger partial charge in [-0.3, -0.25) is 10.1 Å². The number of urea groups is 1. The normalized spacial score (nSPS) is 18.5. The minimum atomic E-state index is -0.307. The molecule has 86 valence electrons. The SMILES string of the molecule is CCOCC(C(C)C)N1CC(=O)NC1=O. The van der Waals surface area contributed by atoms with Gasteiger partial charge in [-0.05, 0) is 12.8 Å². The van der Waals surface area contributed by atoms with Crippen molar-refractivity contribution in [3.63, 3.8) is 0 Å². The lowest BCUT2D eigenvalue weighted by Gasteiger charge is -2.28. The number of carbonyl (C=O) groups excluding carboxylic acids is 2. The van der Waals surface area contributed by atoms with Gasteiger partial charge in [-0.1, -0.05) is 13.8 Å². The molecule has 1 fully saturated rings. The Bertz CT molecular complexity index is 253. The molecule has 1 N–H and O–H groups in total. The summed E-state index contributed by atoms with van der Waals surface area (Å²) in [6, 6.07) is -0.338. The van der Waals surface area contributed by atoms with Crippen LogP contribution >= 0.6 is 0 Å². The highest BCUT2D eigenvalue weighted by atomic mass is 16.5. The molecule has 0 saturated carbocycles. The van der Waals surface area contributed by atoms with Gasteiger partial charge in [-0.25, -0.2) is 4.79 Å². The first-order valence-electron chi connectivity index (χ1n) is 5.24. The zero-order valence-corrected chi connectivity index (χ0v) is 9.45. The van der Waals surface area contributed by atoms with Gasteiger partial charge < -0.3 is 9.64 Å². The minimum absolute atomic E-state index is 0.0311. The molecular formula is C10H18N2O3. The highest BCUT2D eigenvalue weighted by molar-refractivity contribution is 6.02. The first kappa shape index (κ1) is 12.0. The first-order valence-corrected chi connectivity index (χ1v) is 5.24. The van der Waals surface area contributed by atoms with E-state index in [1.54, 1.807) is 4.90 Å². The van der Waals surface area contributed by atoms with Crippen LogP contribution in [0.1, 0.15) is 20.8 Å². The van der Waals surface area contributed by atoms with E-state index in [0.29, 0.717) is 13.2 Å². The Labute approximate surface area is 89.8 Å². The smallest absolute Gasteiger partial charge is 0.324 e. The van der Waals surface area contributed by atoms with Crippen molar-refractivity contribution < 1.29 is 14.3 Å². The van der Waals surface area contributed by atoms with Crippen LogP contribution in [0.15, 0.2) is 0 Å². The number of nitrogens with one attached hydrogen (secondary N) is 1. The molecule has 0 spiro atoms. The third-order valence-electron chi connectivity index (χ3n) is 2.48. The third kappa shape index (κ3) is 2.92. The second-order valence-electron chi connectivity index (χ2n) is 3.95. The van der Waals surface area contributed by atoms with Crippen LogP contribution in [-0.4, -0.2) is 42.6 Å². The van der Waals surface area contributed by atoms with Gasteiger partial charge in [-0.2, -0.15) is 0 Å². The van der Waals surface area contributed by atoms with E-state index in [-0.39, 0.29) is 30.4 Å². The summed E-state index contributed by atoms with van der Waals surface area (Å²) in [4.78, 5) is 24.0. The van der Waals surface area contributed by atoms with E-state index in [9.17, 15) is 9.59 Å².